The van der Waals surface area contributed by atoms with Crippen molar-refractivity contribution in [2.75, 3.05) is 32.8 Å². The molecule has 6 heteroatoms. The fourth-order valence-electron chi connectivity index (χ4n) is 4.00. The first-order valence-electron chi connectivity index (χ1n) is 9.71. The highest BCUT2D eigenvalue weighted by Crippen LogP contribution is 2.30. The molecule has 0 bridgehead atoms. The summed E-state index contributed by atoms with van der Waals surface area (Å²) in [6.45, 7) is 8.64. The molecule has 0 amide bonds. The number of nitrogens with one attached hydrogen (secondary N) is 1. The van der Waals surface area contributed by atoms with Crippen molar-refractivity contribution in [2.24, 2.45) is 13.0 Å². The first-order valence-corrected chi connectivity index (χ1v) is 9.71. The Morgan fingerprint density at radius 1 is 1.22 bits per heavy atom. The number of carbonyl (C=O) groups is 1. The number of rotatable bonds is 3. The molecule has 0 saturated carbocycles. The van der Waals surface area contributed by atoms with Crippen molar-refractivity contribution < 1.29 is 9.53 Å². The van der Waals surface area contributed by atoms with E-state index in [9.17, 15) is 4.79 Å². The van der Waals surface area contributed by atoms with Gasteiger partial charge in [0.1, 0.15) is 0 Å². The van der Waals surface area contributed by atoms with Crippen LogP contribution in [0.1, 0.15) is 40.7 Å². The highest BCUT2D eigenvalue weighted by atomic mass is 35.5. The molecular formula is C21H32ClN3O2. The molecule has 3 heterocycles. The molecule has 1 fully saturated rings. The van der Waals surface area contributed by atoms with Gasteiger partial charge in [0.25, 0.3) is 0 Å². The molecule has 1 aliphatic carbocycles. The fraction of sp³-hybridized carbons (Fsp3) is 0.571. The molecule has 27 heavy (non-hydrogen) atoms. The summed E-state index contributed by atoms with van der Waals surface area (Å²) in [6, 6.07) is 4.00. The zero-order valence-corrected chi connectivity index (χ0v) is 17.5. The van der Waals surface area contributed by atoms with Gasteiger partial charge >= 0.3 is 0 Å². The molecule has 2 aliphatic rings. The maximum Gasteiger partial charge on any atom is 0.169 e. The van der Waals surface area contributed by atoms with Crippen LogP contribution in [0.4, 0.5) is 0 Å². The van der Waals surface area contributed by atoms with Crippen LogP contribution in [-0.4, -0.2) is 53.1 Å². The topological polar surface area (TPSA) is 50.3 Å². The van der Waals surface area contributed by atoms with Gasteiger partial charge in [0.15, 0.2) is 5.78 Å². The Balaban J connectivity index is 0.000000320. The average molecular weight is 394 g/mol. The quantitative estimate of drug-likeness (QED) is 0.869. The van der Waals surface area contributed by atoms with Gasteiger partial charge < -0.3 is 14.3 Å². The number of aromatic nitrogens is 2. The Kier molecular flexibility index (Phi) is 8.14. The van der Waals surface area contributed by atoms with Crippen LogP contribution in [0.2, 0.25) is 0 Å². The summed E-state index contributed by atoms with van der Waals surface area (Å²) >= 11 is 0. The molecule has 4 rings (SSSR count). The molecule has 150 valence electrons. The second-order valence-electron chi connectivity index (χ2n) is 7.30. The third-order valence-electron chi connectivity index (χ3n) is 5.44. The number of aromatic amines is 1. The number of aryl methyl sites for hydroxylation is 3. The van der Waals surface area contributed by atoms with Crippen LogP contribution in [0.25, 0.3) is 0 Å². The van der Waals surface area contributed by atoms with Crippen molar-refractivity contribution in [1.29, 1.82) is 0 Å². The second kappa shape index (κ2) is 10.1. The summed E-state index contributed by atoms with van der Waals surface area (Å²) in [6.07, 6.45) is 6.93. The second-order valence-corrected chi connectivity index (χ2v) is 7.30. The van der Waals surface area contributed by atoms with Crippen molar-refractivity contribution >= 4 is 18.2 Å². The predicted molar refractivity (Wildman–Crippen MR) is 111 cm³/mol. The van der Waals surface area contributed by atoms with Gasteiger partial charge in [-0.15, -0.1) is 12.4 Å². The van der Waals surface area contributed by atoms with E-state index in [2.05, 4.69) is 23.7 Å². The van der Waals surface area contributed by atoms with Crippen molar-refractivity contribution in [1.82, 2.24) is 14.5 Å². The summed E-state index contributed by atoms with van der Waals surface area (Å²) in [5.74, 6) is 0.528. The molecule has 0 spiro atoms. The highest BCUT2D eigenvalue weighted by Gasteiger charge is 2.32. The Labute approximate surface area is 168 Å². The van der Waals surface area contributed by atoms with Gasteiger partial charge in [0.05, 0.1) is 13.2 Å². The monoisotopic (exact) mass is 393 g/mol. The number of Topliss-reactive ketones (excluding diaryl/α,β-unsaturated/α-hetero) is 1. The number of fused-ring (bicyclic) bond motifs is 1. The SMILES string of the molecule is CCc1c(C)[nH]c2c1C(=O)C(CN1CCOCC1)CC2.Cl.Cn1cccc1. The minimum Gasteiger partial charge on any atom is -0.379 e. The van der Waals surface area contributed by atoms with Crippen molar-refractivity contribution in [3.8, 4) is 0 Å². The van der Waals surface area contributed by atoms with E-state index in [0.717, 1.165) is 57.7 Å². The highest BCUT2D eigenvalue weighted by molar-refractivity contribution is 6.01. The van der Waals surface area contributed by atoms with E-state index in [0.29, 0.717) is 5.78 Å². The summed E-state index contributed by atoms with van der Waals surface area (Å²) in [5.41, 5.74) is 4.59. The Hall–Kier alpha value is -1.56. The van der Waals surface area contributed by atoms with E-state index < -0.39 is 0 Å². The van der Waals surface area contributed by atoms with Crippen molar-refractivity contribution in [3.05, 3.63) is 47.0 Å². The maximum atomic E-state index is 12.8. The van der Waals surface area contributed by atoms with Crippen LogP contribution in [0, 0.1) is 12.8 Å². The number of hydrogen-bond donors (Lipinski definition) is 1. The molecule has 1 N–H and O–H groups in total. The molecule has 1 unspecified atom stereocenters. The molecule has 1 atom stereocenters. The van der Waals surface area contributed by atoms with Crippen molar-refractivity contribution in [2.45, 2.75) is 33.1 Å². The first-order chi connectivity index (χ1) is 12.6. The molecule has 2 aromatic rings. The summed E-state index contributed by atoms with van der Waals surface area (Å²) in [4.78, 5) is 18.6. The van der Waals surface area contributed by atoms with Crippen LogP contribution in [-0.2, 0) is 24.6 Å². The standard InChI is InChI=1S/C16H24N2O2.C5H7N.ClH/c1-3-13-11(2)17-14-5-4-12(16(19)15(13)14)10-18-6-8-20-9-7-18;1-6-4-2-3-5-6;/h12,17H,3-10H2,1-2H3;2-5H,1H3;1H. The molecule has 1 saturated heterocycles. The number of ketones is 1. The van der Waals surface area contributed by atoms with Gasteiger partial charge in [0.2, 0.25) is 0 Å². The zero-order valence-electron chi connectivity index (χ0n) is 16.7. The minimum absolute atomic E-state index is 0. The number of carbonyl (C=O) groups excluding carboxylic acids is 1. The number of hydrogen-bond acceptors (Lipinski definition) is 3. The van der Waals surface area contributed by atoms with Crippen LogP contribution in [0.15, 0.2) is 24.5 Å². The lowest BCUT2D eigenvalue weighted by Gasteiger charge is -2.31. The molecule has 0 aromatic carbocycles. The number of halogens is 1. The normalized spacial score (nSPS) is 19.7. The Bertz CT molecular complexity index is 718. The summed E-state index contributed by atoms with van der Waals surface area (Å²) < 4.78 is 7.38. The van der Waals surface area contributed by atoms with Gasteiger partial charge in [-0.3, -0.25) is 9.69 Å². The summed E-state index contributed by atoms with van der Waals surface area (Å²) in [5, 5.41) is 0. The molecular weight excluding hydrogens is 362 g/mol. The van der Waals surface area contributed by atoms with Crippen LogP contribution in [0.3, 0.4) is 0 Å². The van der Waals surface area contributed by atoms with Crippen molar-refractivity contribution in [3.63, 3.8) is 0 Å². The van der Waals surface area contributed by atoms with E-state index in [1.54, 1.807) is 0 Å². The minimum atomic E-state index is 0. The number of morpholine rings is 1. The van der Waals surface area contributed by atoms with Gasteiger partial charge in [-0.2, -0.15) is 0 Å². The maximum absolute atomic E-state index is 12.8. The number of H-pyrrole nitrogens is 1. The lowest BCUT2D eigenvalue weighted by molar-refractivity contribution is 0.0291. The van der Waals surface area contributed by atoms with Gasteiger partial charge in [-0.25, -0.2) is 0 Å². The van der Waals surface area contributed by atoms with E-state index in [4.69, 9.17) is 4.74 Å². The van der Waals surface area contributed by atoms with Gasteiger partial charge in [-0.05, 0) is 43.9 Å². The lowest BCUT2D eigenvalue weighted by Crippen LogP contribution is -2.42. The van der Waals surface area contributed by atoms with Crippen LogP contribution < -0.4 is 0 Å². The third kappa shape index (κ3) is 5.24. The average Bonchev–Trinajstić information content (AvgIpc) is 3.25. The summed E-state index contributed by atoms with van der Waals surface area (Å²) in [7, 11) is 2.00. The zero-order chi connectivity index (χ0) is 18.5. The number of nitrogens with zero attached hydrogens (tertiary/aromatic N) is 2. The van der Waals surface area contributed by atoms with Crippen LogP contribution >= 0.6 is 12.4 Å². The van der Waals surface area contributed by atoms with Gasteiger partial charge in [0, 0.05) is 61.9 Å². The third-order valence-corrected chi connectivity index (χ3v) is 5.44. The Morgan fingerprint density at radius 3 is 2.44 bits per heavy atom. The van der Waals surface area contributed by atoms with E-state index in [1.807, 2.05) is 36.1 Å². The number of ether oxygens (including phenoxy) is 1. The molecule has 0 radical (unpaired) electrons. The van der Waals surface area contributed by atoms with E-state index in [1.165, 1.54) is 17.0 Å². The van der Waals surface area contributed by atoms with E-state index in [-0.39, 0.29) is 18.3 Å². The van der Waals surface area contributed by atoms with E-state index >= 15 is 0 Å². The largest absolute Gasteiger partial charge is 0.379 e. The Morgan fingerprint density at radius 2 is 1.89 bits per heavy atom. The molecule has 5 nitrogen and oxygen atoms in total. The van der Waals surface area contributed by atoms with Gasteiger partial charge in [-0.1, -0.05) is 6.92 Å². The van der Waals surface area contributed by atoms with Crippen LogP contribution in [0.5, 0.6) is 0 Å². The molecule has 1 aliphatic heterocycles. The molecule has 2 aromatic heterocycles. The predicted octanol–water partition coefficient (Wildman–Crippen LogP) is 3.41. The smallest absolute Gasteiger partial charge is 0.169 e. The lowest BCUT2D eigenvalue weighted by atomic mass is 9.83. The first kappa shape index (κ1) is 21.7. The fourth-order valence-corrected chi connectivity index (χ4v) is 4.00.